The van der Waals surface area contributed by atoms with Crippen molar-refractivity contribution in [3.05, 3.63) is 0 Å². The van der Waals surface area contributed by atoms with E-state index in [1.165, 1.54) is 25.7 Å². The summed E-state index contributed by atoms with van der Waals surface area (Å²) >= 11 is 0. The maximum absolute atomic E-state index is 11.4. The predicted octanol–water partition coefficient (Wildman–Crippen LogP) is 2.67. The van der Waals surface area contributed by atoms with Gasteiger partial charge in [0.05, 0.1) is 0 Å². The first kappa shape index (κ1) is 12.3. The van der Waals surface area contributed by atoms with Crippen molar-refractivity contribution in [1.29, 1.82) is 0 Å². The fraction of sp³-hybridized carbons (Fsp3) is 0.917. The second-order valence-corrected chi connectivity index (χ2v) is 4.71. The predicted molar refractivity (Wildman–Crippen MR) is 62.9 cm³/mol. The van der Waals surface area contributed by atoms with Crippen LogP contribution in [0.1, 0.15) is 52.4 Å². The highest BCUT2D eigenvalue weighted by molar-refractivity contribution is 5.73. The zero-order valence-corrected chi connectivity index (χ0v) is 10.1. The van der Waals surface area contributed by atoms with E-state index in [1.54, 1.807) is 0 Å². The topological polar surface area (TPSA) is 41.1 Å². The largest absolute Gasteiger partial charge is 0.338 e. The molecule has 1 rings (SSSR count). The number of carbonyl (C=O) groups excluding carboxylic acids is 1. The SMILES string of the molecule is CCCCNC(=O)NCC1(CCC)CC1. The molecule has 1 aliphatic carbocycles. The number of nitrogens with one attached hydrogen (secondary N) is 2. The van der Waals surface area contributed by atoms with Gasteiger partial charge in [-0.3, -0.25) is 0 Å². The van der Waals surface area contributed by atoms with Crippen LogP contribution in [0.3, 0.4) is 0 Å². The molecule has 0 heterocycles. The zero-order chi connectivity index (χ0) is 11.1. The first-order chi connectivity index (χ1) is 7.22. The van der Waals surface area contributed by atoms with Crippen molar-refractivity contribution < 1.29 is 4.79 Å². The fourth-order valence-electron chi connectivity index (χ4n) is 1.93. The van der Waals surface area contributed by atoms with E-state index in [1.807, 2.05) is 0 Å². The summed E-state index contributed by atoms with van der Waals surface area (Å²) in [6.45, 7) is 5.99. The molecular weight excluding hydrogens is 188 g/mol. The molecule has 0 atom stereocenters. The van der Waals surface area contributed by atoms with Gasteiger partial charge in [0.25, 0.3) is 0 Å². The van der Waals surface area contributed by atoms with E-state index in [9.17, 15) is 4.79 Å². The Labute approximate surface area is 93.0 Å². The van der Waals surface area contributed by atoms with Gasteiger partial charge in [0.1, 0.15) is 0 Å². The molecule has 0 aliphatic heterocycles. The minimum atomic E-state index is 0.00540. The molecule has 0 unspecified atom stereocenters. The van der Waals surface area contributed by atoms with Gasteiger partial charge in [0.15, 0.2) is 0 Å². The molecule has 0 aromatic carbocycles. The Balaban J connectivity index is 2.06. The van der Waals surface area contributed by atoms with Crippen molar-refractivity contribution in [2.75, 3.05) is 13.1 Å². The third-order valence-corrected chi connectivity index (χ3v) is 3.18. The summed E-state index contributed by atoms with van der Waals surface area (Å²) in [6, 6.07) is 0.00540. The number of amides is 2. The Kier molecular flexibility index (Phi) is 4.92. The first-order valence-corrected chi connectivity index (χ1v) is 6.24. The van der Waals surface area contributed by atoms with Crippen molar-refractivity contribution in [3.8, 4) is 0 Å². The van der Waals surface area contributed by atoms with E-state index in [0.29, 0.717) is 5.41 Å². The summed E-state index contributed by atoms with van der Waals surface area (Å²) in [7, 11) is 0. The quantitative estimate of drug-likeness (QED) is 0.626. The number of carbonyl (C=O) groups is 1. The van der Waals surface area contributed by atoms with Crippen LogP contribution in [0.5, 0.6) is 0 Å². The van der Waals surface area contributed by atoms with Crippen molar-refractivity contribution >= 4 is 6.03 Å². The number of rotatable bonds is 7. The molecule has 3 nitrogen and oxygen atoms in total. The van der Waals surface area contributed by atoms with Crippen LogP contribution in [-0.4, -0.2) is 19.1 Å². The van der Waals surface area contributed by atoms with Crippen molar-refractivity contribution in [2.24, 2.45) is 5.41 Å². The second-order valence-electron chi connectivity index (χ2n) is 4.71. The van der Waals surface area contributed by atoms with Gasteiger partial charge >= 0.3 is 6.03 Å². The van der Waals surface area contributed by atoms with Gasteiger partial charge in [0.2, 0.25) is 0 Å². The maximum atomic E-state index is 11.4. The van der Waals surface area contributed by atoms with Crippen LogP contribution >= 0.6 is 0 Å². The van der Waals surface area contributed by atoms with Gasteiger partial charge < -0.3 is 10.6 Å². The van der Waals surface area contributed by atoms with Crippen LogP contribution < -0.4 is 10.6 Å². The standard InChI is InChI=1S/C12H24N2O/c1-3-5-9-13-11(15)14-10-12(6-4-2)7-8-12/h3-10H2,1-2H3,(H2,13,14,15). The Morgan fingerprint density at radius 1 is 1.20 bits per heavy atom. The molecule has 2 amide bonds. The summed E-state index contributed by atoms with van der Waals surface area (Å²) in [6.07, 6.45) is 7.24. The van der Waals surface area contributed by atoms with Crippen LogP contribution in [0.4, 0.5) is 4.79 Å². The summed E-state index contributed by atoms with van der Waals surface area (Å²) < 4.78 is 0. The third-order valence-electron chi connectivity index (χ3n) is 3.18. The normalized spacial score (nSPS) is 17.2. The lowest BCUT2D eigenvalue weighted by atomic mass is 10.0. The van der Waals surface area contributed by atoms with Crippen LogP contribution in [0, 0.1) is 5.41 Å². The summed E-state index contributed by atoms with van der Waals surface area (Å²) in [5.41, 5.74) is 0.455. The van der Waals surface area contributed by atoms with Crippen LogP contribution in [0.15, 0.2) is 0 Å². The van der Waals surface area contributed by atoms with E-state index >= 15 is 0 Å². The maximum Gasteiger partial charge on any atom is 0.314 e. The summed E-state index contributed by atoms with van der Waals surface area (Å²) in [5.74, 6) is 0. The van der Waals surface area contributed by atoms with Crippen LogP contribution in [-0.2, 0) is 0 Å². The average Bonchev–Trinajstić information content (AvgIpc) is 2.97. The lowest BCUT2D eigenvalue weighted by Crippen LogP contribution is -2.39. The highest BCUT2D eigenvalue weighted by Gasteiger charge is 2.41. The minimum absolute atomic E-state index is 0.00540. The van der Waals surface area contributed by atoms with Gasteiger partial charge in [-0.05, 0) is 31.1 Å². The number of hydrogen-bond donors (Lipinski definition) is 2. The van der Waals surface area contributed by atoms with Crippen LogP contribution in [0.25, 0.3) is 0 Å². The highest BCUT2D eigenvalue weighted by atomic mass is 16.2. The lowest BCUT2D eigenvalue weighted by Gasteiger charge is -2.15. The van der Waals surface area contributed by atoms with E-state index in [0.717, 1.165) is 25.9 Å². The molecule has 3 heteroatoms. The molecule has 0 spiro atoms. The Hall–Kier alpha value is -0.730. The molecule has 1 aliphatic rings. The van der Waals surface area contributed by atoms with Gasteiger partial charge in [-0.15, -0.1) is 0 Å². The van der Waals surface area contributed by atoms with Crippen molar-refractivity contribution in [2.45, 2.75) is 52.4 Å². The van der Waals surface area contributed by atoms with Gasteiger partial charge in [0, 0.05) is 13.1 Å². The molecule has 2 N–H and O–H groups in total. The molecule has 15 heavy (non-hydrogen) atoms. The van der Waals surface area contributed by atoms with E-state index < -0.39 is 0 Å². The Bertz CT molecular complexity index is 200. The van der Waals surface area contributed by atoms with E-state index in [-0.39, 0.29) is 6.03 Å². The molecule has 0 saturated heterocycles. The molecule has 0 radical (unpaired) electrons. The van der Waals surface area contributed by atoms with E-state index in [4.69, 9.17) is 0 Å². The fourth-order valence-corrected chi connectivity index (χ4v) is 1.93. The van der Waals surface area contributed by atoms with Gasteiger partial charge in [-0.2, -0.15) is 0 Å². The lowest BCUT2D eigenvalue weighted by molar-refractivity contribution is 0.237. The molecule has 1 fully saturated rings. The first-order valence-electron chi connectivity index (χ1n) is 6.24. The van der Waals surface area contributed by atoms with Crippen molar-refractivity contribution in [3.63, 3.8) is 0 Å². The third kappa shape index (κ3) is 4.54. The Morgan fingerprint density at radius 2 is 1.93 bits per heavy atom. The molecule has 1 saturated carbocycles. The van der Waals surface area contributed by atoms with Crippen molar-refractivity contribution in [1.82, 2.24) is 10.6 Å². The number of urea groups is 1. The highest BCUT2D eigenvalue weighted by Crippen LogP contribution is 2.48. The van der Waals surface area contributed by atoms with Gasteiger partial charge in [-0.1, -0.05) is 26.7 Å². The zero-order valence-electron chi connectivity index (χ0n) is 10.1. The minimum Gasteiger partial charge on any atom is -0.338 e. The Morgan fingerprint density at radius 3 is 2.47 bits per heavy atom. The molecule has 0 aromatic rings. The molecule has 88 valence electrons. The average molecular weight is 212 g/mol. The van der Waals surface area contributed by atoms with Crippen LogP contribution in [0.2, 0.25) is 0 Å². The smallest absolute Gasteiger partial charge is 0.314 e. The summed E-state index contributed by atoms with van der Waals surface area (Å²) in [5, 5.41) is 5.86. The molecule has 0 bridgehead atoms. The van der Waals surface area contributed by atoms with Gasteiger partial charge in [-0.25, -0.2) is 4.79 Å². The number of unbranched alkanes of at least 4 members (excludes halogenated alkanes) is 1. The second kappa shape index (κ2) is 5.99. The monoisotopic (exact) mass is 212 g/mol. The molecular formula is C12H24N2O. The molecule has 0 aromatic heterocycles. The summed E-state index contributed by atoms with van der Waals surface area (Å²) in [4.78, 5) is 11.4. The number of hydrogen-bond acceptors (Lipinski definition) is 1. The van der Waals surface area contributed by atoms with E-state index in [2.05, 4.69) is 24.5 Å².